The molecule has 1 spiro atoms. The van der Waals surface area contributed by atoms with Crippen molar-refractivity contribution in [2.75, 3.05) is 0 Å². The zero-order chi connectivity index (χ0) is 29.3. The van der Waals surface area contributed by atoms with Crippen molar-refractivity contribution in [1.82, 2.24) is 10.3 Å². The van der Waals surface area contributed by atoms with Gasteiger partial charge in [0.1, 0.15) is 11.5 Å². The molecule has 4 aliphatic rings. The van der Waals surface area contributed by atoms with Crippen LogP contribution in [0.4, 0.5) is 0 Å². The molecule has 10 atom stereocenters. The number of aromatic nitrogens is 1. The number of H-pyrrole nitrogens is 1. The van der Waals surface area contributed by atoms with Crippen molar-refractivity contribution in [3.05, 3.63) is 72.0 Å². The van der Waals surface area contributed by atoms with E-state index in [0.29, 0.717) is 12.0 Å². The summed E-state index contributed by atoms with van der Waals surface area (Å²) in [5.41, 5.74) is 0.795. The van der Waals surface area contributed by atoms with Gasteiger partial charge in [-0.05, 0) is 61.5 Å². The highest BCUT2D eigenvalue weighted by Gasteiger charge is 2.79. The lowest BCUT2D eigenvalue weighted by Crippen LogP contribution is -2.58. The SMILES string of the molecule is CC[C@H]1[C@H]2[C@H]([C@@H](C)c3c[nH]c4ccccc34)NC(=O)[C@]23C(=O)C=CC(=O)[C@H](O)C(C)=C[C@@H](C)CC=C[C@H]3[C@@H]2O[C@]12C. The van der Waals surface area contributed by atoms with Crippen LogP contribution in [0, 0.1) is 29.1 Å². The minimum atomic E-state index is -1.43. The van der Waals surface area contributed by atoms with E-state index in [1.54, 1.807) is 6.92 Å². The molecule has 2 aliphatic heterocycles. The van der Waals surface area contributed by atoms with Gasteiger partial charge in [-0.3, -0.25) is 14.4 Å². The van der Waals surface area contributed by atoms with Crippen LogP contribution in [0.2, 0.25) is 0 Å². The number of fused-ring (bicyclic) bond motifs is 3. The zero-order valence-corrected chi connectivity index (χ0v) is 24.4. The molecule has 2 aliphatic carbocycles. The maximum absolute atomic E-state index is 14.5. The molecule has 0 unspecified atom stereocenters. The number of epoxide rings is 1. The molecule has 1 aromatic carbocycles. The maximum atomic E-state index is 14.5. The Labute approximate surface area is 241 Å². The molecule has 1 aromatic heterocycles. The molecule has 0 radical (unpaired) electrons. The van der Waals surface area contributed by atoms with Gasteiger partial charge >= 0.3 is 0 Å². The second-order valence-corrected chi connectivity index (χ2v) is 12.8. The first kappa shape index (κ1) is 27.9. The van der Waals surface area contributed by atoms with Crippen LogP contribution in [0.15, 0.2) is 66.4 Å². The van der Waals surface area contributed by atoms with Crippen molar-refractivity contribution in [1.29, 1.82) is 0 Å². The number of amides is 1. The number of allylic oxidation sites excluding steroid dienone is 3. The molecule has 6 rings (SSSR count). The van der Waals surface area contributed by atoms with E-state index in [1.807, 2.05) is 49.5 Å². The lowest BCUT2D eigenvalue weighted by atomic mass is 9.50. The quantitative estimate of drug-likeness (QED) is 0.286. The molecule has 7 nitrogen and oxygen atoms in total. The first-order chi connectivity index (χ1) is 19.5. The van der Waals surface area contributed by atoms with E-state index in [-0.39, 0.29) is 41.7 Å². The number of carbonyl (C=O) groups is 3. The standard InChI is InChI=1S/C34H40N2O5/c1-6-23-28-29(20(4)22-17-35-25-13-8-7-11-21(22)25)36-32(40)34(28)24(31-33(23,5)41-31)12-9-10-18(2)16-19(3)30(39)26(37)14-15-27(34)38/h7-9,11-18,20,23-24,28-31,35,39H,6,10H2,1-5H3,(H,36,40)/t18-,20-,23-,24-,28-,29-,30+,31-,33+,34+/m0/s1. The summed E-state index contributed by atoms with van der Waals surface area (Å²) in [6, 6.07) is 7.79. The van der Waals surface area contributed by atoms with Crippen molar-refractivity contribution < 1.29 is 24.2 Å². The van der Waals surface area contributed by atoms with Gasteiger partial charge in [0, 0.05) is 40.9 Å². The number of carbonyl (C=O) groups excluding carboxylic acids is 3. The molecular weight excluding hydrogens is 516 g/mol. The van der Waals surface area contributed by atoms with E-state index < -0.39 is 34.6 Å². The molecule has 3 heterocycles. The van der Waals surface area contributed by atoms with Gasteiger partial charge in [0.2, 0.25) is 5.91 Å². The molecular formula is C34H40N2O5. The minimum absolute atomic E-state index is 0.0501. The van der Waals surface area contributed by atoms with Crippen LogP contribution in [0.25, 0.3) is 10.9 Å². The summed E-state index contributed by atoms with van der Waals surface area (Å²) in [5.74, 6) is -2.17. The van der Waals surface area contributed by atoms with Crippen molar-refractivity contribution in [3.8, 4) is 0 Å². The van der Waals surface area contributed by atoms with E-state index in [0.717, 1.165) is 29.0 Å². The van der Waals surface area contributed by atoms with E-state index in [1.165, 1.54) is 6.08 Å². The Kier molecular flexibility index (Phi) is 6.74. The Bertz CT molecular complexity index is 1500. The average Bonchev–Trinajstić information content (AvgIpc) is 3.31. The summed E-state index contributed by atoms with van der Waals surface area (Å²) in [6.07, 6.45) is 10.2. The Morgan fingerprint density at radius 2 is 1.93 bits per heavy atom. The molecule has 1 amide bonds. The summed E-state index contributed by atoms with van der Waals surface area (Å²) in [4.78, 5) is 45.2. The first-order valence-electron chi connectivity index (χ1n) is 14.9. The van der Waals surface area contributed by atoms with Crippen molar-refractivity contribution in [2.24, 2.45) is 29.1 Å². The number of hydrogen-bond acceptors (Lipinski definition) is 5. The van der Waals surface area contributed by atoms with Gasteiger partial charge in [0.05, 0.1) is 11.7 Å². The Morgan fingerprint density at radius 3 is 2.68 bits per heavy atom. The van der Waals surface area contributed by atoms with Crippen LogP contribution >= 0.6 is 0 Å². The number of rotatable bonds is 3. The van der Waals surface area contributed by atoms with E-state index in [4.69, 9.17) is 4.74 Å². The fourth-order valence-corrected chi connectivity index (χ4v) is 8.41. The summed E-state index contributed by atoms with van der Waals surface area (Å²) in [5, 5.41) is 15.1. The lowest BCUT2D eigenvalue weighted by molar-refractivity contribution is -0.145. The molecule has 3 N–H and O–H groups in total. The van der Waals surface area contributed by atoms with E-state index in [2.05, 4.69) is 37.1 Å². The number of aliphatic hydroxyl groups excluding tert-OH is 1. The number of nitrogens with one attached hydrogen (secondary N) is 2. The fraction of sp³-hybridized carbons (Fsp3) is 0.500. The van der Waals surface area contributed by atoms with Crippen LogP contribution < -0.4 is 5.32 Å². The number of benzene rings is 1. The summed E-state index contributed by atoms with van der Waals surface area (Å²) in [6.45, 7) is 10.1. The number of para-hydroxylation sites is 1. The molecule has 1 saturated carbocycles. The first-order valence-corrected chi connectivity index (χ1v) is 14.9. The Hall–Kier alpha value is -3.29. The number of hydrogen-bond donors (Lipinski definition) is 3. The number of aliphatic hydroxyl groups is 1. The van der Waals surface area contributed by atoms with Crippen LogP contribution in [-0.2, 0) is 19.1 Å². The highest BCUT2D eigenvalue weighted by Crippen LogP contribution is 2.67. The molecule has 3 fully saturated rings. The number of aromatic amines is 1. The lowest BCUT2D eigenvalue weighted by Gasteiger charge is -2.47. The summed E-state index contributed by atoms with van der Waals surface area (Å²) in [7, 11) is 0. The predicted octanol–water partition coefficient (Wildman–Crippen LogP) is 4.78. The average molecular weight is 557 g/mol. The monoisotopic (exact) mass is 556 g/mol. The molecule has 2 saturated heterocycles. The molecule has 41 heavy (non-hydrogen) atoms. The number of ether oxygens (including phenoxy) is 1. The van der Waals surface area contributed by atoms with Gasteiger partial charge in [-0.15, -0.1) is 0 Å². The highest BCUT2D eigenvalue weighted by atomic mass is 16.6. The summed E-state index contributed by atoms with van der Waals surface area (Å²) < 4.78 is 6.45. The third-order valence-electron chi connectivity index (χ3n) is 10.5. The second kappa shape index (κ2) is 9.92. The van der Waals surface area contributed by atoms with Gasteiger partial charge in [-0.25, -0.2) is 0 Å². The van der Waals surface area contributed by atoms with Crippen LogP contribution in [-0.4, -0.2) is 51.4 Å². The largest absolute Gasteiger partial charge is 0.381 e. The topological polar surface area (TPSA) is 112 Å². The van der Waals surface area contributed by atoms with E-state index >= 15 is 0 Å². The Morgan fingerprint density at radius 1 is 1.17 bits per heavy atom. The van der Waals surface area contributed by atoms with Crippen molar-refractivity contribution in [2.45, 2.75) is 77.2 Å². The van der Waals surface area contributed by atoms with E-state index in [9.17, 15) is 19.5 Å². The predicted molar refractivity (Wildman–Crippen MR) is 157 cm³/mol. The third-order valence-corrected chi connectivity index (χ3v) is 10.5. The van der Waals surface area contributed by atoms with Gasteiger partial charge in [0.25, 0.3) is 0 Å². The minimum Gasteiger partial charge on any atom is -0.381 e. The molecule has 2 aromatic rings. The van der Waals surface area contributed by atoms with Crippen LogP contribution in [0.5, 0.6) is 0 Å². The summed E-state index contributed by atoms with van der Waals surface area (Å²) >= 11 is 0. The molecule has 216 valence electrons. The van der Waals surface area contributed by atoms with Crippen molar-refractivity contribution >= 4 is 28.4 Å². The van der Waals surface area contributed by atoms with Crippen LogP contribution in [0.1, 0.15) is 58.9 Å². The van der Waals surface area contributed by atoms with Crippen molar-refractivity contribution in [3.63, 3.8) is 0 Å². The number of ketones is 2. The third kappa shape index (κ3) is 4.03. The van der Waals surface area contributed by atoms with Gasteiger partial charge in [-0.2, -0.15) is 0 Å². The van der Waals surface area contributed by atoms with Gasteiger partial charge < -0.3 is 20.1 Å². The Balaban J connectivity index is 1.51. The van der Waals surface area contributed by atoms with Gasteiger partial charge in [-0.1, -0.05) is 63.6 Å². The highest BCUT2D eigenvalue weighted by molar-refractivity contribution is 6.15. The zero-order valence-electron chi connectivity index (χ0n) is 24.4. The van der Waals surface area contributed by atoms with Crippen LogP contribution in [0.3, 0.4) is 0 Å². The molecule has 7 heteroatoms. The second-order valence-electron chi connectivity index (χ2n) is 12.8. The fourth-order valence-electron chi connectivity index (χ4n) is 8.41. The maximum Gasteiger partial charge on any atom is 0.235 e. The van der Waals surface area contributed by atoms with Gasteiger partial charge in [0.15, 0.2) is 11.6 Å². The smallest absolute Gasteiger partial charge is 0.235 e. The normalized spacial score (nSPS) is 39.5. The molecule has 0 bridgehead atoms.